The number of quaternary nitrogens is 1. The van der Waals surface area contributed by atoms with Crippen LogP contribution >= 0.6 is 0 Å². The number of hydrogen-bond acceptors (Lipinski definition) is 8. The summed E-state index contributed by atoms with van der Waals surface area (Å²) in [6.45, 7) is 3.31. The summed E-state index contributed by atoms with van der Waals surface area (Å²) < 4.78 is 75.9. The smallest absolute Gasteiger partial charge is 0.416 e. The number of nitrogens with zero attached hydrogens (tertiary/aromatic N) is 7. The van der Waals surface area contributed by atoms with Crippen LogP contribution in [0.4, 0.5) is 19.1 Å². The quantitative estimate of drug-likeness (QED) is 0.147. The minimum Gasteiger partial charge on any atom is -0.744 e. The van der Waals surface area contributed by atoms with Gasteiger partial charge < -0.3 is 14.4 Å². The van der Waals surface area contributed by atoms with Crippen LogP contribution in [0.15, 0.2) is 102 Å². The predicted molar refractivity (Wildman–Crippen MR) is 181 cm³/mol. The highest BCUT2D eigenvalue weighted by molar-refractivity contribution is 7.85. The molecule has 0 atom stereocenters. The van der Waals surface area contributed by atoms with Gasteiger partial charge in [-0.3, -0.25) is 0 Å². The van der Waals surface area contributed by atoms with Gasteiger partial charge in [0.2, 0.25) is 5.95 Å². The van der Waals surface area contributed by atoms with Crippen molar-refractivity contribution < 1.29 is 30.6 Å². The van der Waals surface area contributed by atoms with Crippen molar-refractivity contribution in [2.24, 2.45) is 0 Å². The van der Waals surface area contributed by atoms with Gasteiger partial charge in [0.15, 0.2) is 5.65 Å². The summed E-state index contributed by atoms with van der Waals surface area (Å²) in [5.74, 6) is 0.388. The molecule has 1 N–H and O–H groups in total. The zero-order valence-corrected chi connectivity index (χ0v) is 28.4. The molecule has 50 heavy (non-hydrogen) atoms. The highest BCUT2D eigenvalue weighted by Gasteiger charge is 2.31. The third kappa shape index (κ3) is 8.35. The van der Waals surface area contributed by atoms with E-state index in [1.54, 1.807) is 51.8 Å². The first kappa shape index (κ1) is 35.7. The molecule has 0 bridgehead atoms. The zero-order chi connectivity index (χ0) is 36.3. The molecular formula is C35H33F3N8O3S. The first-order valence-electron chi connectivity index (χ1n) is 15.2. The second-order valence-corrected chi connectivity index (χ2v) is 13.7. The molecule has 0 radical (unpaired) electrons. The van der Waals surface area contributed by atoms with Crippen LogP contribution in [0.5, 0.6) is 0 Å². The van der Waals surface area contributed by atoms with Gasteiger partial charge in [0.25, 0.3) is 0 Å². The van der Waals surface area contributed by atoms with E-state index in [9.17, 15) is 26.1 Å². The molecule has 258 valence electrons. The fourth-order valence-electron chi connectivity index (χ4n) is 5.12. The SMILES string of the molecule is Cc1c(-c2ccnn2-c2ccc(C#N)cc2)cn2nc(NCC[N+](C)(C)C)nc2c1-c1cccc(C(F)(F)F)c1.O=S(=O)([O-])c1ccccc1. The normalized spacial score (nSPS) is 11.9. The van der Waals surface area contributed by atoms with Crippen LogP contribution in [0.3, 0.4) is 0 Å². The maximum Gasteiger partial charge on any atom is 0.416 e. The van der Waals surface area contributed by atoms with Crippen LogP contribution in [-0.4, -0.2) is 76.1 Å². The lowest BCUT2D eigenvalue weighted by Gasteiger charge is -2.23. The van der Waals surface area contributed by atoms with E-state index < -0.39 is 21.9 Å². The van der Waals surface area contributed by atoms with Crippen LogP contribution in [0.1, 0.15) is 16.7 Å². The summed E-state index contributed by atoms with van der Waals surface area (Å²) >= 11 is 0. The van der Waals surface area contributed by atoms with Gasteiger partial charge in [-0.15, -0.1) is 5.10 Å². The Bertz CT molecular complexity index is 2270. The van der Waals surface area contributed by atoms with Gasteiger partial charge in [-0.1, -0.05) is 30.3 Å². The Hall–Kier alpha value is -5.56. The number of nitriles is 1. The number of nitrogens with one attached hydrogen (secondary N) is 1. The van der Waals surface area contributed by atoms with Gasteiger partial charge in [-0.05, 0) is 72.6 Å². The number of benzene rings is 3. The van der Waals surface area contributed by atoms with E-state index in [2.05, 4.69) is 47.7 Å². The molecule has 0 unspecified atom stereocenters. The van der Waals surface area contributed by atoms with Gasteiger partial charge in [0.05, 0.1) is 73.9 Å². The van der Waals surface area contributed by atoms with E-state index in [4.69, 9.17) is 5.26 Å². The van der Waals surface area contributed by atoms with Gasteiger partial charge in [-0.25, -0.2) is 17.6 Å². The molecule has 15 heteroatoms. The highest BCUT2D eigenvalue weighted by Crippen LogP contribution is 2.38. The molecule has 3 aromatic heterocycles. The van der Waals surface area contributed by atoms with Crippen molar-refractivity contribution in [3.8, 4) is 34.1 Å². The van der Waals surface area contributed by atoms with Crippen LogP contribution in [0, 0.1) is 18.3 Å². The fraction of sp³-hybridized carbons (Fsp3) is 0.200. The number of fused-ring (bicyclic) bond motifs is 1. The Kier molecular flexibility index (Phi) is 10.1. The molecule has 6 aromatic rings. The molecule has 3 aromatic carbocycles. The van der Waals surface area contributed by atoms with Gasteiger partial charge in [0.1, 0.15) is 10.1 Å². The Morgan fingerprint density at radius 1 is 0.980 bits per heavy atom. The Labute approximate surface area is 287 Å². The molecule has 3 heterocycles. The molecule has 11 nitrogen and oxygen atoms in total. The first-order chi connectivity index (χ1) is 23.5. The second kappa shape index (κ2) is 14.1. The molecular weight excluding hydrogens is 669 g/mol. The van der Waals surface area contributed by atoms with Crippen LogP contribution in [0.25, 0.3) is 33.7 Å². The second-order valence-electron chi connectivity index (χ2n) is 12.3. The largest absolute Gasteiger partial charge is 0.744 e. The van der Waals surface area contributed by atoms with E-state index >= 15 is 0 Å². The number of alkyl halides is 3. The minimum atomic E-state index is -4.49. The molecule has 6 rings (SSSR count). The topological polar surface area (TPSA) is 141 Å². The predicted octanol–water partition coefficient (Wildman–Crippen LogP) is 6.16. The molecule has 0 fully saturated rings. The van der Waals surface area contributed by atoms with Crippen molar-refractivity contribution in [1.82, 2.24) is 24.4 Å². The minimum absolute atomic E-state index is 0.185. The lowest BCUT2D eigenvalue weighted by molar-refractivity contribution is -0.868. The van der Waals surface area contributed by atoms with Crippen molar-refractivity contribution in [1.29, 1.82) is 5.26 Å². The Balaban J connectivity index is 0.000000418. The number of likely N-dealkylation sites (N-methyl/N-ethyl adjacent to an activating group) is 1. The van der Waals surface area contributed by atoms with Crippen molar-refractivity contribution in [3.63, 3.8) is 0 Å². The molecule has 0 spiro atoms. The summed E-state index contributed by atoms with van der Waals surface area (Å²) in [7, 11) is 1.99. The number of rotatable bonds is 8. The molecule has 0 saturated heterocycles. The van der Waals surface area contributed by atoms with Gasteiger partial charge in [-0.2, -0.15) is 28.5 Å². The summed E-state index contributed by atoms with van der Waals surface area (Å²) in [4.78, 5) is 4.50. The lowest BCUT2D eigenvalue weighted by Crippen LogP contribution is -2.38. The van der Waals surface area contributed by atoms with Gasteiger partial charge >= 0.3 is 6.18 Å². The molecule has 0 amide bonds. The Morgan fingerprint density at radius 2 is 1.68 bits per heavy atom. The standard InChI is InChI=1S/C29H28F3N8.C6H6O3S/c1-19-24(25-12-13-35-39(25)23-10-8-20(17-33)9-11-23)18-38-27(36-28(37-38)34-14-15-40(2,3)4)26(19)21-6-5-7-22(16-21)29(30,31)32;7-10(8,9)6-4-2-1-3-5-6/h5-13,16,18H,14-15H2,1-4H3,(H,34,37);1-5H,(H,7,8,9)/q+1;/p-1. The molecule has 0 aliphatic heterocycles. The average molecular weight is 703 g/mol. The third-order valence-electron chi connectivity index (χ3n) is 7.62. The number of aromatic nitrogens is 5. The van der Waals surface area contributed by atoms with E-state index in [0.29, 0.717) is 40.5 Å². The third-order valence-corrected chi connectivity index (χ3v) is 8.47. The summed E-state index contributed by atoms with van der Waals surface area (Å²) in [6, 6.07) is 23.4. The number of halogens is 3. The van der Waals surface area contributed by atoms with Gasteiger partial charge in [0, 0.05) is 17.3 Å². The summed E-state index contributed by atoms with van der Waals surface area (Å²) in [5.41, 5.74) is 4.06. The van der Waals surface area contributed by atoms with E-state index in [1.165, 1.54) is 30.3 Å². The maximum atomic E-state index is 13.7. The van der Waals surface area contributed by atoms with Crippen molar-refractivity contribution in [3.05, 3.63) is 114 Å². The number of anilines is 1. The Morgan fingerprint density at radius 3 is 2.28 bits per heavy atom. The number of hydrogen-bond donors (Lipinski definition) is 1. The molecule has 0 aliphatic rings. The van der Waals surface area contributed by atoms with Crippen molar-refractivity contribution in [2.75, 3.05) is 39.5 Å². The van der Waals surface area contributed by atoms with Crippen molar-refractivity contribution in [2.45, 2.75) is 18.0 Å². The van der Waals surface area contributed by atoms with Crippen LogP contribution < -0.4 is 5.32 Å². The first-order valence-corrected chi connectivity index (χ1v) is 16.6. The van der Waals surface area contributed by atoms with E-state index in [-0.39, 0.29) is 4.90 Å². The fourth-order valence-corrected chi connectivity index (χ4v) is 5.61. The molecule has 0 aliphatic carbocycles. The summed E-state index contributed by atoms with van der Waals surface area (Å²) in [5, 5.41) is 21.5. The lowest BCUT2D eigenvalue weighted by atomic mass is 9.95. The maximum absolute atomic E-state index is 13.7. The molecule has 0 saturated carbocycles. The van der Waals surface area contributed by atoms with E-state index in [1.807, 2.05) is 19.2 Å². The van der Waals surface area contributed by atoms with Crippen LogP contribution in [-0.2, 0) is 16.3 Å². The zero-order valence-electron chi connectivity index (χ0n) is 27.5. The summed E-state index contributed by atoms with van der Waals surface area (Å²) in [6.07, 6.45) is -1.02. The number of pyridine rings is 1. The van der Waals surface area contributed by atoms with Crippen LogP contribution in [0.2, 0.25) is 0 Å². The van der Waals surface area contributed by atoms with E-state index in [0.717, 1.165) is 40.0 Å². The average Bonchev–Trinajstić information content (AvgIpc) is 3.71. The highest BCUT2D eigenvalue weighted by atomic mass is 32.2. The van der Waals surface area contributed by atoms with Crippen molar-refractivity contribution >= 4 is 21.7 Å². The monoisotopic (exact) mass is 702 g/mol.